The number of rotatable bonds is 2. The number of alkyl halides is 3. The molecule has 19 heavy (non-hydrogen) atoms. The zero-order valence-corrected chi connectivity index (χ0v) is 9.61. The first-order chi connectivity index (χ1) is 8.99. The average molecular weight is 263 g/mol. The fourth-order valence-electron chi connectivity index (χ4n) is 1.64. The minimum absolute atomic E-state index is 0.264. The van der Waals surface area contributed by atoms with Crippen molar-refractivity contribution >= 4 is 0 Å². The van der Waals surface area contributed by atoms with Crippen molar-refractivity contribution < 1.29 is 17.9 Å². The Hall–Kier alpha value is -2.48. The number of halogens is 3. The van der Waals surface area contributed by atoms with Gasteiger partial charge in [-0.1, -0.05) is 30.3 Å². The van der Waals surface area contributed by atoms with Crippen molar-refractivity contribution in [2.24, 2.45) is 0 Å². The highest BCUT2D eigenvalue weighted by molar-refractivity contribution is 5.70. The van der Waals surface area contributed by atoms with Gasteiger partial charge in [0.15, 0.2) is 0 Å². The lowest BCUT2D eigenvalue weighted by molar-refractivity contribution is -0.274. The van der Waals surface area contributed by atoms with E-state index in [1.54, 1.807) is 30.3 Å². The van der Waals surface area contributed by atoms with Gasteiger partial charge in [0, 0.05) is 5.56 Å². The number of nitriles is 1. The molecule has 0 atom stereocenters. The van der Waals surface area contributed by atoms with Crippen LogP contribution in [-0.4, -0.2) is 6.36 Å². The van der Waals surface area contributed by atoms with Crippen LogP contribution in [0.3, 0.4) is 0 Å². The van der Waals surface area contributed by atoms with Crippen LogP contribution in [0, 0.1) is 11.3 Å². The van der Waals surface area contributed by atoms with E-state index in [9.17, 15) is 13.2 Å². The number of ether oxygens (including phenoxy) is 1. The minimum Gasteiger partial charge on any atom is -0.405 e. The van der Waals surface area contributed by atoms with Gasteiger partial charge in [0.2, 0.25) is 0 Å². The van der Waals surface area contributed by atoms with Gasteiger partial charge in [-0.2, -0.15) is 5.26 Å². The van der Waals surface area contributed by atoms with E-state index in [0.29, 0.717) is 16.7 Å². The van der Waals surface area contributed by atoms with Gasteiger partial charge in [-0.3, -0.25) is 0 Å². The maximum Gasteiger partial charge on any atom is 0.573 e. The van der Waals surface area contributed by atoms with Gasteiger partial charge in [0.05, 0.1) is 11.6 Å². The molecule has 2 aromatic rings. The Labute approximate surface area is 107 Å². The second-order valence-corrected chi connectivity index (χ2v) is 3.73. The van der Waals surface area contributed by atoms with Gasteiger partial charge in [-0.25, -0.2) is 0 Å². The van der Waals surface area contributed by atoms with Crippen molar-refractivity contribution in [3.63, 3.8) is 0 Å². The molecule has 0 heterocycles. The summed E-state index contributed by atoms with van der Waals surface area (Å²) in [5.41, 5.74) is 1.32. The lowest BCUT2D eigenvalue weighted by atomic mass is 10.0. The molecule has 2 rings (SSSR count). The second-order valence-electron chi connectivity index (χ2n) is 3.73. The average Bonchev–Trinajstić information content (AvgIpc) is 2.38. The number of benzene rings is 2. The Morgan fingerprint density at radius 1 is 0.947 bits per heavy atom. The molecule has 0 saturated carbocycles. The van der Waals surface area contributed by atoms with Crippen LogP contribution in [0.4, 0.5) is 13.2 Å². The maximum absolute atomic E-state index is 12.3. The molecule has 2 aromatic carbocycles. The predicted molar refractivity (Wildman–Crippen MR) is 63.3 cm³/mol. The van der Waals surface area contributed by atoms with Crippen molar-refractivity contribution in [3.8, 4) is 22.9 Å². The van der Waals surface area contributed by atoms with Crippen LogP contribution in [0.5, 0.6) is 5.75 Å². The molecule has 0 bridgehead atoms. The third kappa shape index (κ3) is 3.26. The fraction of sp³-hybridized carbons (Fsp3) is 0.0714. The van der Waals surface area contributed by atoms with E-state index in [4.69, 9.17) is 5.26 Å². The summed E-state index contributed by atoms with van der Waals surface area (Å²) in [7, 11) is 0. The number of nitrogens with zero attached hydrogens (tertiary/aromatic N) is 1. The first-order valence-electron chi connectivity index (χ1n) is 5.35. The Balaban J connectivity index is 2.41. The standard InChI is InChI=1S/C14H8F3NO/c15-14(16,17)19-13-4-2-1-3-12(13)11-7-5-10(9-18)6-8-11/h1-8H. The minimum atomic E-state index is -4.73. The predicted octanol–water partition coefficient (Wildman–Crippen LogP) is 4.12. The summed E-state index contributed by atoms with van der Waals surface area (Å²) in [6.07, 6.45) is -4.73. The number of hydrogen-bond donors (Lipinski definition) is 0. The van der Waals surface area contributed by atoms with Crippen LogP contribution in [0.2, 0.25) is 0 Å². The van der Waals surface area contributed by atoms with Gasteiger partial charge >= 0.3 is 6.36 Å². The maximum atomic E-state index is 12.3. The van der Waals surface area contributed by atoms with Gasteiger partial charge in [-0.05, 0) is 23.8 Å². The summed E-state index contributed by atoms with van der Waals surface area (Å²) < 4.78 is 40.9. The zero-order valence-electron chi connectivity index (χ0n) is 9.61. The topological polar surface area (TPSA) is 33.0 Å². The number of hydrogen-bond acceptors (Lipinski definition) is 2. The molecule has 2 nitrogen and oxygen atoms in total. The molecule has 0 aliphatic carbocycles. The SMILES string of the molecule is N#Cc1ccc(-c2ccccc2OC(F)(F)F)cc1. The summed E-state index contributed by atoms with van der Waals surface area (Å²) in [5.74, 6) is -0.264. The monoisotopic (exact) mass is 263 g/mol. The lowest BCUT2D eigenvalue weighted by Gasteiger charge is -2.13. The summed E-state index contributed by atoms with van der Waals surface area (Å²) in [4.78, 5) is 0. The van der Waals surface area contributed by atoms with Crippen LogP contribution in [0.15, 0.2) is 48.5 Å². The van der Waals surface area contributed by atoms with Crippen LogP contribution in [-0.2, 0) is 0 Å². The van der Waals surface area contributed by atoms with E-state index in [0.717, 1.165) is 0 Å². The highest BCUT2D eigenvalue weighted by Crippen LogP contribution is 2.33. The lowest BCUT2D eigenvalue weighted by Crippen LogP contribution is -2.17. The molecule has 5 heteroatoms. The van der Waals surface area contributed by atoms with Gasteiger partial charge in [0.25, 0.3) is 0 Å². The van der Waals surface area contributed by atoms with Crippen molar-refractivity contribution in [1.82, 2.24) is 0 Å². The van der Waals surface area contributed by atoms with Crippen LogP contribution < -0.4 is 4.74 Å². The molecule has 96 valence electrons. The van der Waals surface area contributed by atoms with E-state index in [1.165, 1.54) is 18.2 Å². The third-order valence-electron chi connectivity index (χ3n) is 2.44. The van der Waals surface area contributed by atoms with Gasteiger partial charge in [0.1, 0.15) is 5.75 Å². The number of para-hydroxylation sites is 1. The van der Waals surface area contributed by atoms with Crippen molar-refractivity contribution in [1.29, 1.82) is 5.26 Å². The first-order valence-corrected chi connectivity index (χ1v) is 5.35. The quantitative estimate of drug-likeness (QED) is 0.816. The molecular weight excluding hydrogens is 255 g/mol. The highest BCUT2D eigenvalue weighted by atomic mass is 19.4. The Morgan fingerprint density at radius 3 is 2.16 bits per heavy atom. The summed E-state index contributed by atoms with van der Waals surface area (Å²) in [6.45, 7) is 0. The van der Waals surface area contributed by atoms with Crippen LogP contribution in [0.25, 0.3) is 11.1 Å². The van der Waals surface area contributed by atoms with Crippen LogP contribution in [0.1, 0.15) is 5.56 Å². The molecule has 0 unspecified atom stereocenters. The van der Waals surface area contributed by atoms with Crippen molar-refractivity contribution in [2.75, 3.05) is 0 Å². The molecule has 0 aromatic heterocycles. The normalized spacial score (nSPS) is 10.8. The zero-order chi connectivity index (χ0) is 13.9. The van der Waals surface area contributed by atoms with Crippen molar-refractivity contribution in [3.05, 3.63) is 54.1 Å². The third-order valence-corrected chi connectivity index (χ3v) is 2.44. The molecule has 0 radical (unpaired) electrons. The molecule has 0 saturated heterocycles. The van der Waals surface area contributed by atoms with Crippen molar-refractivity contribution in [2.45, 2.75) is 6.36 Å². The van der Waals surface area contributed by atoms with Crippen LogP contribution >= 0.6 is 0 Å². The second kappa shape index (κ2) is 5.02. The first kappa shape index (κ1) is 13.0. The van der Waals surface area contributed by atoms with Gasteiger partial charge < -0.3 is 4.74 Å². The Bertz CT molecular complexity index is 612. The van der Waals surface area contributed by atoms with Gasteiger partial charge in [-0.15, -0.1) is 13.2 Å². The Morgan fingerprint density at radius 2 is 1.58 bits per heavy atom. The molecule has 0 amide bonds. The summed E-state index contributed by atoms with van der Waals surface area (Å²) >= 11 is 0. The Kier molecular flexibility index (Phi) is 3.43. The molecule has 0 N–H and O–H groups in total. The van der Waals surface area contributed by atoms with E-state index in [-0.39, 0.29) is 5.75 Å². The smallest absolute Gasteiger partial charge is 0.405 e. The molecule has 0 spiro atoms. The summed E-state index contributed by atoms with van der Waals surface area (Å²) in [5, 5.41) is 8.68. The molecule has 0 aliphatic rings. The molecular formula is C14H8F3NO. The molecule has 0 fully saturated rings. The largest absolute Gasteiger partial charge is 0.573 e. The summed E-state index contributed by atoms with van der Waals surface area (Å²) in [6, 6.07) is 14.1. The molecule has 0 aliphatic heterocycles. The van der Waals surface area contributed by atoms with E-state index >= 15 is 0 Å². The highest BCUT2D eigenvalue weighted by Gasteiger charge is 2.32. The fourth-order valence-corrected chi connectivity index (χ4v) is 1.64. The van der Waals surface area contributed by atoms with E-state index < -0.39 is 6.36 Å². The van der Waals surface area contributed by atoms with E-state index in [2.05, 4.69) is 4.74 Å². The van der Waals surface area contributed by atoms with E-state index in [1.807, 2.05) is 6.07 Å².